The number of carboxylic acids is 1. The summed E-state index contributed by atoms with van der Waals surface area (Å²) >= 11 is 0. The Kier molecular flexibility index (Phi) is 5.09. The van der Waals surface area contributed by atoms with Crippen molar-refractivity contribution in [1.82, 2.24) is 0 Å². The molecule has 0 unspecified atom stereocenters. The molecule has 0 aliphatic rings. The largest absolute Gasteiger partial charge is 0.504 e. The Bertz CT molecular complexity index is 1080. The van der Waals surface area contributed by atoms with Crippen molar-refractivity contribution in [2.45, 2.75) is 6.42 Å². The molecule has 5 nitrogen and oxygen atoms in total. The van der Waals surface area contributed by atoms with Crippen LogP contribution in [0.15, 0.2) is 60.7 Å². The predicted octanol–water partition coefficient (Wildman–Crippen LogP) is 4.14. The average molecular weight is 359 g/mol. The monoisotopic (exact) mass is 359 g/mol. The summed E-state index contributed by atoms with van der Waals surface area (Å²) in [7, 11) is 1.40. The third-order valence-corrected chi connectivity index (χ3v) is 4.37. The Labute approximate surface area is 156 Å². The maximum absolute atomic E-state index is 11.7. The summed E-state index contributed by atoms with van der Waals surface area (Å²) in [6.45, 7) is 0. The SMILES string of the molecule is COc1cc(C(=CC#N)C(=O)O)c2cccc(Cc3ccccc3)c2c1O. The van der Waals surface area contributed by atoms with Crippen LogP contribution in [0, 0.1) is 11.3 Å². The van der Waals surface area contributed by atoms with Gasteiger partial charge in [0, 0.05) is 17.0 Å². The van der Waals surface area contributed by atoms with E-state index >= 15 is 0 Å². The van der Waals surface area contributed by atoms with Gasteiger partial charge >= 0.3 is 5.97 Å². The Morgan fingerprint density at radius 2 is 1.93 bits per heavy atom. The number of benzene rings is 3. The lowest BCUT2D eigenvalue weighted by Gasteiger charge is -2.15. The summed E-state index contributed by atoms with van der Waals surface area (Å²) < 4.78 is 5.25. The van der Waals surface area contributed by atoms with E-state index in [1.54, 1.807) is 12.1 Å². The molecule has 134 valence electrons. The topological polar surface area (TPSA) is 90.5 Å². The van der Waals surface area contributed by atoms with Gasteiger partial charge in [-0.2, -0.15) is 5.26 Å². The van der Waals surface area contributed by atoms with E-state index < -0.39 is 5.97 Å². The number of hydrogen-bond acceptors (Lipinski definition) is 4. The fourth-order valence-electron chi connectivity index (χ4n) is 3.17. The maximum Gasteiger partial charge on any atom is 0.337 e. The van der Waals surface area contributed by atoms with Crippen molar-refractivity contribution in [1.29, 1.82) is 5.26 Å². The van der Waals surface area contributed by atoms with Gasteiger partial charge < -0.3 is 14.9 Å². The molecule has 3 aromatic rings. The number of carboxylic acid groups (broad SMARTS) is 1. The van der Waals surface area contributed by atoms with Crippen molar-refractivity contribution in [2.24, 2.45) is 0 Å². The van der Waals surface area contributed by atoms with Gasteiger partial charge in [-0.3, -0.25) is 0 Å². The summed E-state index contributed by atoms with van der Waals surface area (Å²) in [5, 5.41) is 30.3. The van der Waals surface area contributed by atoms with Crippen LogP contribution >= 0.6 is 0 Å². The van der Waals surface area contributed by atoms with Gasteiger partial charge in [0.15, 0.2) is 11.5 Å². The summed E-state index contributed by atoms with van der Waals surface area (Å²) in [5.74, 6) is -1.12. The summed E-state index contributed by atoms with van der Waals surface area (Å²) in [5.41, 5.74) is 2.05. The number of nitrogens with zero attached hydrogens (tertiary/aromatic N) is 1. The van der Waals surface area contributed by atoms with Crippen LogP contribution in [0.4, 0.5) is 0 Å². The highest BCUT2D eigenvalue weighted by molar-refractivity contribution is 6.20. The van der Waals surface area contributed by atoms with Crippen molar-refractivity contribution >= 4 is 22.3 Å². The first-order chi connectivity index (χ1) is 13.1. The fraction of sp³-hybridized carbons (Fsp3) is 0.0909. The Balaban J connectivity index is 2.32. The molecule has 0 amide bonds. The van der Waals surface area contributed by atoms with Crippen molar-refractivity contribution in [2.75, 3.05) is 7.11 Å². The van der Waals surface area contributed by atoms with Crippen molar-refractivity contribution in [3.8, 4) is 17.6 Å². The van der Waals surface area contributed by atoms with Crippen LogP contribution < -0.4 is 4.74 Å². The molecule has 0 radical (unpaired) electrons. The number of phenols is 1. The number of ether oxygens (including phenoxy) is 1. The van der Waals surface area contributed by atoms with Gasteiger partial charge in [-0.25, -0.2) is 4.79 Å². The number of hydrogen-bond donors (Lipinski definition) is 2. The van der Waals surface area contributed by atoms with Gasteiger partial charge in [0.2, 0.25) is 0 Å². The van der Waals surface area contributed by atoms with Crippen LogP contribution in [0.25, 0.3) is 16.3 Å². The first-order valence-corrected chi connectivity index (χ1v) is 8.25. The molecule has 0 saturated heterocycles. The molecule has 0 fully saturated rings. The summed E-state index contributed by atoms with van der Waals surface area (Å²) in [6.07, 6.45) is 1.54. The minimum atomic E-state index is -1.22. The molecule has 0 aliphatic heterocycles. The zero-order valence-corrected chi connectivity index (χ0v) is 14.6. The van der Waals surface area contributed by atoms with Gasteiger partial charge in [-0.05, 0) is 29.0 Å². The molecule has 27 heavy (non-hydrogen) atoms. The zero-order valence-electron chi connectivity index (χ0n) is 14.6. The van der Waals surface area contributed by atoms with Gasteiger partial charge in [-0.1, -0.05) is 48.5 Å². The second kappa shape index (κ2) is 7.63. The van der Waals surface area contributed by atoms with Crippen LogP contribution in [0.5, 0.6) is 11.5 Å². The second-order valence-electron chi connectivity index (χ2n) is 5.97. The number of phenolic OH excluding ortho intramolecular Hbond substituents is 1. The van der Waals surface area contributed by atoms with Gasteiger partial charge in [0.25, 0.3) is 0 Å². The van der Waals surface area contributed by atoms with E-state index in [2.05, 4.69) is 0 Å². The van der Waals surface area contributed by atoms with Crippen molar-refractivity contribution in [3.05, 3.63) is 77.4 Å². The smallest absolute Gasteiger partial charge is 0.337 e. The molecule has 0 atom stereocenters. The highest BCUT2D eigenvalue weighted by Gasteiger charge is 2.20. The van der Waals surface area contributed by atoms with E-state index in [9.17, 15) is 15.0 Å². The normalized spacial score (nSPS) is 11.2. The summed E-state index contributed by atoms with van der Waals surface area (Å²) in [6, 6.07) is 18.4. The molecule has 0 spiro atoms. The van der Waals surface area contributed by atoms with Crippen LogP contribution in [0.1, 0.15) is 16.7 Å². The number of rotatable bonds is 5. The lowest BCUT2D eigenvalue weighted by atomic mass is 9.92. The number of aliphatic carboxylic acids is 1. The Morgan fingerprint density at radius 3 is 2.56 bits per heavy atom. The lowest BCUT2D eigenvalue weighted by Crippen LogP contribution is -2.02. The van der Waals surface area contributed by atoms with Crippen LogP contribution in [0.2, 0.25) is 0 Å². The molecule has 3 rings (SSSR count). The zero-order chi connectivity index (χ0) is 19.4. The number of carbonyl (C=O) groups is 1. The predicted molar refractivity (Wildman–Crippen MR) is 103 cm³/mol. The molecule has 0 aliphatic carbocycles. The van der Waals surface area contributed by atoms with E-state index in [-0.39, 0.29) is 17.1 Å². The molecule has 0 heterocycles. The van der Waals surface area contributed by atoms with Gasteiger partial charge in [0.05, 0.1) is 18.8 Å². The third-order valence-electron chi connectivity index (χ3n) is 4.37. The van der Waals surface area contributed by atoms with Crippen molar-refractivity contribution in [3.63, 3.8) is 0 Å². The van der Waals surface area contributed by atoms with E-state index in [0.29, 0.717) is 22.8 Å². The number of fused-ring (bicyclic) bond motifs is 1. The van der Waals surface area contributed by atoms with E-state index in [1.165, 1.54) is 13.2 Å². The summed E-state index contributed by atoms with van der Waals surface area (Å²) in [4.78, 5) is 11.7. The van der Waals surface area contributed by atoms with E-state index in [0.717, 1.165) is 17.2 Å². The van der Waals surface area contributed by atoms with Crippen molar-refractivity contribution < 1.29 is 19.7 Å². The molecule has 0 bridgehead atoms. The van der Waals surface area contributed by atoms with Gasteiger partial charge in [-0.15, -0.1) is 0 Å². The first kappa shape index (κ1) is 18.0. The molecular weight excluding hydrogens is 342 g/mol. The molecule has 0 saturated carbocycles. The minimum absolute atomic E-state index is 0.0514. The van der Waals surface area contributed by atoms with Crippen LogP contribution in [-0.2, 0) is 11.2 Å². The minimum Gasteiger partial charge on any atom is -0.504 e. The third kappa shape index (κ3) is 3.46. The van der Waals surface area contributed by atoms with Crippen LogP contribution in [0.3, 0.4) is 0 Å². The average Bonchev–Trinajstić information content (AvgIpc) is 2.67. The van der Waals surface area contributed by atoms with Gasteiger partial charge in [0.1, 0.15) is 0 Å². The maximum atomic E-state index is 11.7. The molecule has 3 aromatic carbocycles. The molecule has 2 N–H and O–H groups in total. The Hall–Kier alpha value is -3.78. The molecular formula is C22H17NO4. The number of aromatic hydroxyl groups is 1. The standard InChI is InChI=1S/C22H17NO4/c1-27-19-13-18(17(10-11-23)22(25)26)16-9-5-8-15(20(16)21(19)24)12-14-6-3-2-4-7-14/h2-10,13,24H,12H2,1H3,(H,25,26). The second-order valence-corrected chi connectivity index (χ2v) is 5.97. The van der Waals surface area contributed by atoms with Crippen LogP contribution in [-0.4, -0.2) is 23.3 Å². The fourth-order valence-corrected chi connectivity index (χ4v) is 3.17. The Morgan fingerprint density at radius 1 is 1.19 bits per heavy atom. The lowest BCUT2D eigenvalue weighted by molar-refractivity contribution is -0.130. The van der Waals surface area contributed by atoms with E-state index in [1.807, 2.05) is 42.5 Å². The highest BCUT2D eigenvalue weighted by Crippen LogP contribution is 2.41. The number of nitriles is 1. The first-order valence-electron chi connectivity index (χ1n) is 8.25. The van der Waals surface area contributed by atoms with E-state index in [4.69, 9.17) is 10.00 Å². The molecule has 0 aromatic heterocycles. The quantitative estimate of drug-likeness (QED) is 0.528. The number of allylic oxidation sites excluding steroid dienone is 1. The molecule has 5 heteroatoms. The highest BCUT2D eigenvalue weighted by atomic mass is 16.5. The number of methoxy groups -OCH3 is 1.